The molecule has 100 valence electrons. The first-order valence-electron chi connectivity index (χ1n) is 5.34. The average Bonchev–Trinajstić information content (AvgIpc) is 2.39. The Bertz CT molecular complexity index is 359. The van der Waals surface area contributed by atoms with Gasteiger partial charge in [-0.2, -0.15) is 11.5 Å². The summed E-state index contributed by atoms with van der Waals surface area (Å²) in [5, 5.41) is 0. The maximum Gasteiger partial charge on any atom is 0.386 e. The van der Waals surface area contributed by atoms with Crippen molar-refractivity contribution < 1.29 is 20.5 Å². The van der Waals surface area contributed by atoms with E-state index in [1.165, 1.54) is 0 Å². The van der Waals surface area contributed by atoms with Crippen molar-refractivity contribution in [2.45, 2.75) is 0 Å². The Morgan fingerprint density at radius 1 is 1.17 bits per heavy atom. The van der Waals surface area contributed by atoms with Crippen molar-refractivity contribution >= 4 is 28.9 Å². The summed E-state index contributed by atoms with van der Waals surface area (Å²) >= 11 is 6.16. The van der Waals surface area contributed by atoms with Crippen LogP contribution >= 0.6 is 11.5 Å². The molecule has 5 nitrogen and oxygen atoms in total. The van der Waals surface area contributed by atoms with Gasteiger partial charge in [0.25, 0.3) is 0 Å². The number of hydrogen-bond acceptors (Lipinski definition) is 2. The van der Waals surface area contributed by atoms with Gasteiger partial charge < -0.3 is 20.6 Å². The van der Waals surface area contributed by atoms with Crippen LogP contribution in [-0.2, 0) is 4.74 Å². The second kappa shape index (κ2) is 8.10. The maximum absolute atomic E-state index is 12.0. The van der Waals surface area contributed by atoms with E-state index in [2.05, 4.69) is 0 Å². The van der Waals surface area contributed by atoms with Crippen molar-refractivity contribution in [3.05, 3.63) is 30.3 Å². The van der Waals surface area contributed by atoms with Gasteiger partial charge in [0.1, 0.15) is 0 Å². The molecular formula is C11H17BClNO4. The van der Waals surface area contributed by atoms with Gasteiger partial charge in [0.05, 0.1) is 13.2 Å². The molecule has 0 saturated carbocycles. The molecule has 1 aromatic carbocycles. The van der Waals surface area contributed by atoms with Crippen LogP contribution in [0.2, 0.25) is 0 Å². The summed E-state index contributed by atoms with van der Waals surface area (Å²) in [4.78, 5) is 13.8. The number of morpholine rings is 1. The third-order valence-electron chi connectivity index (χ3n) is 2.63. The number of ether oxygens (including phenoxy) is 1. The van der Waals surface area contributed by atoms with E-state index < -0.39 is 6.13 Å². The van der Waals surface area contributed by atoms with Crippen molar-refractivity contribution in [2.24, 2.45) is 0 Å². The van der Waals surface area contributed by atoms with E-state index in [4.69, 9.17) is 16.2 Å². The van der Waals surface area contributed by atoms with E-state index in [9.17, 15) is 4.79 Å². The Morgan fingerprint density at radius 3 is 2.28 bits per heavy atom. The molecule has 18 heavy (non-hydrogen) atoms. The molecule has 1 aliphatic rings. The summed E-state index contributed by atoms with van der Waals surface area (Å²) in [5.41, 5.74) is 0.848. The topological polar surface area (TPSA) is 92.5 Å². The third kappa shape index (κ3) is 3.99. The monoisotopic (exact) mass is 273 g/mol. The van der Waals surface area contributed by atoms with Crippen molar-refractivity contribution in [3.63, 3.8) is 0 Å². The highest BCUT2D eigenvalue weighted by atomic mass is 35.5. The van der Waals surface area contributed by atoms with Gasteiger partial charge in [0.2, 0.25) is 5.81 Å². The molecule has 0 bridgehead atoms. The van der Waals surface area contributed by atoms with Crippen LogP contribution in [-0.4, -0.2) is 54.1 Å². The Balaban J connectivity index is 0.00000144. The zero-order valence-corrected chi connectivity index (χ0v) is 10.7. The summed E-state index contributed by atoms with van der Waals surface area (Å²) in [6, 6.07) is 9.42. The lowest BCUT2D eigenvalue weighted by Gasteiger charge is -2.28. The van der Waals surface area contributed by atoms with E-state index in [1.807, 2.05) is 30.3 Å². The quantitative estimate of drug-likeness (QED) is 0.680. The van der Waals surface area contributed by atoms with Crippen LogP contribution in [0.25, 0.3) is 0 Å². The summed E-state index contributed by atoms with van der Waals surface area (Å²) < 4.78 is 5.20. The SMILES string of the molecule is O.O.O=C(B(Cl)c1ccccc1)N1CCOCC1. The molecule has 1 aliphatic heterocycles. The number of halogens is 1. The zero-order chi connectivity index (χ0) is 11.4. The maximum atomic E-state index is 12.0. The average molecular weight is 274 g/mol. The number of nitrogens with zero attached hydrogens (tertiary/aromatic N) is 1. The first kappa shape index (κ1) is 16.9. The molecule has 0 aromatic heterocycles. The van der Waals surface area contributed by atoms with Crippen LogP contribution < -0.4 is 5.46 Å². The van der Waals surface area contributed by atoms with Crippen LogP contribution in [0.1, 0.15) is 0 Å². The minimum atomic E-state index is -0.584. The van der Waals surface area contributed by atoms with E-state index >= 15 is 0 Å². The lowest BCUT2D eigenvalue weighted by atomic mass is 9.67. The molecule has 2 rings (SSSR count). The second-order valence-electron chi connectivity index (χ2n) is 3.71. The predicted octanol–water partition coefficient (Wildman–Crippen LogP) is -0.492. The fraction of sp³-hybridized carbons (Fsp3) is 0.364. The number of rotatable bonds is 2. The Labute approximate surface area is 111 Å². The summed E-state index contributed by atoms with van der Waals surface area (Å²) in [5.74, 6) is -0.0313. The van der Waals surface area contributed by atoms with E-state index in [0.717, 1.165) is 5.46 Å². The second-order valence-corrected chi connectivity index (χ2v) is 4.15. The van der Waals surface area contributed by atoms with Crippen LogP contribution in [0, 0.1) is 0 Å². The fourth-order valence-electron chi connectivity index (χ4n) is 1.71. The molecule has 1 fully saturated rings. The molecule has 0 aliphatic carbocycles. The van der Waals surface area contributed by atoms with Crippen LogP contribution in [0.15, 0.2) is 30.3 Å². The van der Waals surface area contributed by atoms with E-state index in [1.54, 1.807) is 4.90 Å². The Kier molecular flexibility index (Phi) is 7.62. The van der Waals surface area contributed by atoms with Gasteiger partial charge in [-0.1, -0.05) is 35.8 Å². The highest BCUT2D eigenvalue weighted by Gasteiger charge is 2.29. The van der Waals surface area contributed by atoms with Gasteiger partial charge in [-0.3, -0.25) is 4.79 Å². The number of carbonyl (C=O) groups excluding carboxylic acids is 1. The fourth-order valence-corrected chi connectivity index (χ4v) is 1.99. The standard InChI is InChI=1S/C11H13BClNO2.2H2O/c13-12(10-4-2-1-3-5-10)11(15)14-6-8-16-9-7-14;;/h1-5H,6-9H2;2*1H2. The molecule has 0 radical (unpaired) electrons. The van der Waals surface area contributed by atoms with Crippen molar-refractivity contribution in [1.82, 2.24) is 4.90 Å². The minimum absolute atomic E-state index is 0. The predicted molar refractivity (Wildman–Crippen MR) is 72.7 cm³/mol. The lowest BCUT2D eigenvalue weighted by Crippen LogP contribution is -2.48. The summed E-state index contributed by atoms with van der Waals surface area (Å²) in [6.45, 7) is 2.47. The largest absolute Gasteiger partial charge is 0.412 e. The van der Waals surface area contributed by atoms with Gasteiger partial charge >= 0.3 is 6.13 Å². The summed E-state index contributed by atoms with van der Waals surface area (Å²) in [6.07, 6.45) is -0.584. The Morgan fingerprint density at radius 2 is 1.72 bits per heavy atom. The van der Waals surface area contributed by atoms with Crippen molar-refractivity contribution in [1.29, 1.82) is 0 Å². The van der Waals surface area contributed by atoms with Crippen LogP contribution in [0.4, 0.5) is 4.79 Å². The van der Waals surface area contributed by atoms with Gasteiger partial charge in [-0.15, -0.1) is 0 Å². The van der Waals surface area contributed by atoms with Crippen LogP contribution in [0.5, 0.6) is 0 Å². The molecule has 0 spiro atoms. The van der Waals surface area contributed by atoms with E-state index in [0.29, 0.717) is 26.3 Å². The molecule has 1 amide bonds. The molecule has 1 aromatic rings. The van der Waals surface area contributed by atoms with Gasteiger partial charge in [-0.05, 0) is 0 Å². The highest BCUT2D eigenvalue weighted by Crippen LogP contribution is 2.04. The number of carbonyl (C=O) groups is 1. The van der Waals surface area contributed by atoms with Crippen molar-refractivity contribution in [2.75, 3.05) is 26.3 Å². The number of benzene rings is 1. The molecule has 7 heteroatoms. The third-order valence-corrected chi connectivity index (χ3v) is 3.07. The molecule has 0 unspecified atom stereocenters. The molecular weight excluding hydrogens is 256 g/mol. The van der Waals surface area contributed by atoms with Crippen LogP contribution in [0.3, 0.4) is 0 Å². The van der Waals surface area contributed by atoms with Gasteiger partial charge in [-0.25, -0.2) is 0 Å². The van der Waals surface area contributed by atoms with E-state index in [-0.39, 0.29) is 16.8 Å². The molecule has 0 atom stereocenters. The molecule has 1 heterocycles. The Hall–Kier alpha value is -1.08. The van der Waals surface area contributed by atoms with Crippen molar-refractivity contribution in [3.8, 4) is 0 Å². The van der Waals surface area contributed by atoms with Gasteiger partial charge in [0, 0.05) is 13.1 Å². The summed E-state index contributed by atoms with van der Waals surface area (Å²) in [7, 11) is 0. The van der Waals surface area contributed by atoms with Gasteiger partial charge in [0.15, 0.2) is 0 Å². The minimum Gasteiger partial charge on any atom is -0.412 e. The molecule has 4 N–H and O–H groups in total. The highest BCUT2D eigenvalue weighted by molar-refractivity contribution is 7.29. The lowest BCUT2D eigenvalue weighted by molar-refractivity contribution is 0.0587. The molecule has 1 saturated heterocycles. The zero-order valence-electron chi connectivity index (χ0n) is 9.93. The number of hydrogen-bond donors (Lipinski definition) is 0. The smallest absolute Gasteiger partial charge is 0.386 e. The number of amides is 1. The first-order valence-corrected chi connectivity index (χ1v) is 5.78. The normalized spacial score (nSPS) is 14.2. The first-order chi connectivity index (χ1) is 7.79.